The summed E-state index contributed by atoms with van der Waals surface area (Å²) in [6.07, 6.45) is 0.333. The molecule has 0 radical (unpaired) electrons. The van der Waals surface area contributed by atoms with Gasteiger partial charge in [-0.2, -0.15) is 0 Å². The van der Waals surface area contributed by atoms with Crippen molar-refractivity contribution in [3.8, 4) is 5.75 Å². The highest BCUT2D eigenvalue weighted by atomic mass is 19.1. The van der Waals surface area contributed by atoms with Crippen LogP contribution in [-0.2, 0) is 9.59 Å². The third-order valence-corrected chi connectivity index (χ3v) is 2.86. The van der Waals surface area contributed by atoms with Crippen molar-refractivity contribution in [2.75, 3.05) is 12.4 Å². The molecule has 0 aliphatic heterocycles. The Labute approximate surface area is 103 Å². The molecule has 0 spiro atoms. The molecule has 1 amide bonds. The number of rotatable bonds is 4. The molecule has 6 heteroatoms. The zero-order valence-electron chi connectivity index (χ0n) is 9.64. The fourth-order valence-corrected chi connectivity index (χ4v) is 1.74. The predicted octanol–water partition coefficient (Wildman–Crippen LogP) is 1.49. The first-order chi connectivity index (χ1) is 8.52. The zero-order valence-corrected chi connectivity index (χ0v) is 9.64. The van der Waals surface area contributed by atoms with Gasteiger partial charge in [-0.3, -0.25) is 9.59 Å². The van der Waals surface area contributed by atoms with Gasteiger partial charge in [0.25, 0.3) is 0 Å². The van der Waals surface area contributed by atoms with E-state index in [0.29, 0.717) is 6.42 Å². The molecule has 2 rings (SSSR count). The highest BCUT2D eigenvalue weighted by Gasteiger charge is 2.48. The third-order valence-electron chi connectivity index (χ3n) is 2.86. The smallest absolute Gasteiger partial charge is 0.307 e. The number of ether oxygens (including phenoxy) is 1. The number of halogens is 1. The first kappa shape index (κ1) is 12.3. The lowest BCUT2D eigenvalue weighted by Crippen LogP contribution is -2.16. The number of amides is 1. The van der Waals surface area contributed by atoms with Gasteiger partial charge in [-0.1, -0.05) is 0 Å². The van der Waals surface area contributed by atoms with Crippen LogP contribution >= 0.6 is 0 Å². The monoisotopic (exact) mass is 253 g/mol. The molecule has 2 unspecified atom stereocenters. The second-order valence-corrected chi connectivity index (χ2v) is 4.13. The van der Waals surface area contributed by atoms with Crippen LogP contribution in [0.15, 0.2) is 18.2 Å². The molecule has 1 aliphatic carbocycles. The second-order valence-electron chi connectivity index (χ2n) is 4.13. The van der Waals surface area contributed by atoms with E-state index in [9.17, 15) is 14.0 Å². The minimum Gasteiger partial charge on any atom is -0.494 e. The van der Waals surface area contributed by atoms with Crippen LogP contribution in [-0.4, -0.2) is 24.1 Å². The van der Waals surface area contributed by atoms with Gasteiger partial charge in [0.2, 0.25) is 5.91 Å². The summed E-state index contributed by atoms with van der Waals surface area (Å²) >= 11 is 0. The van der Waals surface area contributed by atoms with Gasteiger partial charge in [0.1, 0.15) is 0 Å². The van der Waals surface area contributed by atoms with Gasteiger partial charge in [-0.25, -0.2) is 4.39 Å². The van der Waals surface area contributed by atoms with Crippen LogP contribution in [0.25, 0.3) is 0 Å². The van der Waals surface area contributed by atoms with Gasteiger partial charge >= 0.3 is 5.97 Å². The van der Waals surface area contributed by atoms with E-state index >= 15 is 0 Å². The first-order valence-corrected chi connectivity index (χ1v) is 5.40. The maximum Gasteiger partial charge on any atom is 0.307 e. The summed E-state index contributed by atoms with van der Waals surface area (Å²) in [6.45, 7) is 0. The minimum atomic E-state index is -0.976. The van der Waals surface area contributed by atoms with E-state index in [-0.39, 0.29) is 11.4 Å². The number of nitrogens with one attached hydrogen (secondary N) is 1. The Bertz CT molecular complexity index is 503. The standard InChI is InChI=1S/C12H12FNO4/c1-18-10-3-2-6(4-9(10)13)14-11(15)7-5-8(7)12(16)17/h2-4,7-8H,5H2,1H3,(H,14,15)(H,16,17). The fraction of sp³-hybridized carbons (Fsp3) is 0.333. The molecule has 5 nitrogen and oxygen atoms in total. The zero-order chi connectivity index (χ0) is 13.3. The topological polar surface area (TPSA) is 75.6 Å². The van der Waals surface area contributed by atoms with E-state index in [1.807, 2.05) is 0 Å². The molecule has 0 saturated heterocycles. The summed E-state index contributed by atoms with van der Waals surface area (Å²) in [7, 11) is 1.35. The minimum absolute atomic E-state index is 0.0860. The predicted molar refractivity (Wildman–Crippen MR) is 60.8 cm³/mol. The van der Waals surface area contributed by atoms with Gasteiger partial charge in [-0.05, 0) is 18.6 Å². The molecule has 18 heavy (non-hydrogen) atoms. The number of carboxylic acids is 1. The summed E-state index contributed by atoms with van der Waals surface area (Å²) in [5.41, 5.74) is 0.286. The normalized spacial score (nSPS) is 21.2. The van der Waals surface area contributed by atoms with E-state index in [1.165, 1.54) is 19.2 Å². The Balaban J connectivity index is 2.00. The lowest BCUT2D eigenvalue weighted by Gasteiger charge is -2.06. The maximum absolute atomic E-state index is 13.4. The maximum atomic E-state index is 13.4. The summed E-state index contributed by atoms with van der Waals surface area (Å²) in [5, 5.41) is 11.2. The molecule has 1 aromatic rings. The average molecular weight is 253 g/mol. The number of benzene rings is 1. The molecular formula is C12H12FNO4. The summed E-state index contributed by atoms with van der Waals surface area (Å²) < 4.78 is 18.1. The SMILES string of the molecule is COc1ccc(NC(=O)C2CC2C(=O)O)cc1F. The van der Waals surface area contributed by atoms with Crippen LogP contribution in [0.4, 0.5) is 10.1 Å². The Kier molecular flexibility index (Phi) is 3.18. The molecule has 0 bridgehead atoms. The number of carbonyl (C=O) groups excluding carboxylic acids is 1. The quantitative estimate of drug-likeness (QED) is 0.852. The van der Waals surface area contributed by atoms with E-state index in [0.717, 1.165) is 6.07 Å². The number of carbonyl (C=O) groups is 2. The molecule has 2 atom stereocenters. The third kappa shape index (κ3) is 2.42. The van der Waals surface area contributed by atoms with Crippen LogP contribution in [0.1, 0.15) is 6.42 Å². The van der Waals surface area contributed by atoms with Gasteiger partial charge in [0.15, 0.2) is 11.6 Å². The first-order valence-electron chi connectivity index (χ1n) is 5.40. The van der Waals surface area contributed by atoms with Crippen molar-refractivity contribution in [1.29, 1.82) is 0 Å². The Hall–Kier alpha value is -2.11. The van der Waals surface area contributed by atoms with E-state index in [2.05, 4.69) is 5.32 Å². The van der Waals surface area contributed by atoms with Crippen molar-refractivity contribution < 1.29 is 23.8 Å². The number of hydrogen-bond acceptors (Lipinski definition) is 3. The van der Waals surface area contributed by atoms with Crippen molar-refractivity contribution in [1.82, 2.24) is 0 Å². The fourth-order valence-electron chi connectivity index (χ4n) is 1.74. The lowest BCUT2D eigenvalue weighted by atomic mass is 10.2. The number of hydrogen-bond donors (Lipinski definition) is 2. The Morgan fingerprint density at radius 3 is 2.67 bits per heavy atom. The lowest BCUT2D eigenvalue weighted by molar-refractivity contribution is -0.139. The number of methoxy groups -OCH3 is 1. The van der Waals surface area contributed by atoms with Gasteiger partial charge in [-0.15, -0.1) is 0 Å². The molecule has 1 aromatic carbocycles. The number of anilines is 1. The largest absolute Gasteiger partial charge is 0.494 e. The molecule has 2 N–H and O–H groups in total. The van der Waals surface area contributed by atoms with Crippen molar-refractivity contribution >= 4 is 17.6 Å². The van der Waals surface area contributed by atoms with E-state index < -0.39 is 29.5 Å². The Morgan fingerprint density at radius 1 is 1.44 bits per heavy atom. The summed E-state index contributed by atoms with van der Waals surface area (Å²) in [4.78, 5) is 22.2. The molecule has 1 aliphatic rings. The summed E-state index contributed by atoms with van der Waals surface area (Å²) in [5.74, 6) is -3.01. The molecule has 0 aromatic heterocycles. The van der Waals surface area contributed by atoms with Crippen LogP contribution in [0.3, 0.4) is 0 Å². The second kappa shape index (κ2) is 4.64. The van der Waals surface area contributed by atoms with Crippen LogP contribution in [0.5, 0.6) is 5.75 Å². The summed E-state index contributed by atoms with van der Waals surface area (Å²) in [6, 6.07) is 4.03. The molecular weight excluding hydrogens is 241 g/mol. The van der Waals surface area contributed by atoms with Crippen molar-refractivity contribution in [2.45, 2.75) is 6.42 Å². The highest BCUT2D eigenvalue weighted by Crippen LogP contribution is 2.39. The Morgan fingerprint density at radius 2 is 2.17 bits per heavy atom. The van der Waals surface area contributed by atoms with Crippen molar-refractivity contribution in [2.24, 2.45) is 11.8 Å². The van der Waals surface area contributed by atoms with E-state index in [1.54, 1.807) is 0 Å². The van der Waals surface area contributed by atoms with Crippen LogP contribution in [0, 0.1) is 17.7 Å². The number of aliphatic carboxylic acids is 1. The van der Waals surface area contributed by atoms with Gasteiger partial charge in [0.05, 0.1) is 18.9 Å². The number of carboxylic acid groups (broad SMARTS) is 1. The molecule has 96 valence electrons. The van der Waals surface area contributed by atoms with Crippen molar-refractivity contribution in [3.05, 3.63) is 24.0 Å². The highest BCUT2D eigenvalue weighted by molar-refractivity contribution is 5.98. The van der Waals surface area contributed by atoms with Gasteiger partial charge in [0, 0.05) is 11.8 Å². The average Bonchev–Trinajstić information content (AvgIpc) is 3.09. The van der Waals surface area contributed by atoms with Crippen LogP contribution in [0.2, 0.25) is 0 Å². The molecule has 1 fully saturated rings. The van der Waals surface area contributed by atoms with E-state index in [4.69, 9.17) is 9.84 Å². The molecule has 1 saturated carbocycles. The van der Waals surface area contributed by atoms with Crippen molar-refractivity contribution in [3.63, 3.8) is 0 Å². The van der Waals surface area contributed by atoms with Gasteiger partial charge < -0.3 is 15.2 Å². The van der Waals surface area contributed by atoms with Crippen LogP contribution < -0.4 is 10.1 Å². The molecule has 0 heterocycles.